The van der Waals surface area contributed by atoms with Crippen LogP contribution in [0.25, 0.3) is 0 Å². The second-order valence-electron chi connectivity index (χ2n) is 2.85. The van der Waals surface area contributed by atoms with E-state index < -0.39 is 42.9 Å². The van der Waals surface area contributed by atoms with E-state index in [-0.39, 0.29) is 18.9 Å². The van der Waals surface area contributed by atoms with Gasteiger partial charge in [-0.15, -0.1) is 0 Å². The normalized spacial score (nSPS) is 10.5. The van der Waals surface area contributed by atoms with Gasteiger partial charge in [-0.2, -0.15) is 0 Å². The molecule has 0 aliphatic rings. The average Bonchev–Trinajstić information content (AvgIpc) is 2.14. The van der Waals surface area contributed by atoms with Crippen molar-refractivity contribution in [3.63, 3.8) is 0 Å². The Labute approximate surface area is 112 Å². The van der Waals surface area contributed by atoms with Gasteiger partial charge in [0.1, 0.15) is 15.7 Å². The van der Waals surface area contributed by atoms with E-state index in [0.717, 1.165) is 0 Å². The third kappa shape index (κ3) is 3.20. The number of carboxylic acids is 1. The van der Waals surface area contributed by atoms with E-state index in [4.69, 9.17) is 5.11 Å². The fourth-order valence-electron chi connectivity index (χ4n) is 1.04. The molecule has 1 rings (SSSR count). The molecule has 0 aliphatic heterocycles. The number of nitrogens with zero attached hydrogens (tertiary/aromatic N) is 1. The molecule has 0 saturated carbocycles. The molecule has 9 nitrogen and oxygen atoms in total. The Hall–Kier alpha value is -1.60. The molecule has 0 aliphatic carbocycles. The minimum Gasteiger partial charge on any atom is -0.744 e. The minimum absolute atomic E-state index is 0. The van der Waals surface area contributed by atoms with Crippen LogP contribution in [-0.2, 0) is 10.1 Å². The van der Waals surface area contributed by atoms with Gasteiger partial charge in [-0.1, -0.05) is 0 Å². The SMILES string of the molecule is O=C(O)c1cc(S(=O)(=O)[O-])cc([N+](=O)[O-])c1O.[Li+]. The molecule has 18 heavy (non-hydrogen) atoms. The zero-order valence-electron chi connectivity index (χ0n) is 8.85. The zero-order valence-corrected chi connectivity index (χ0v) is 9.67. The van der Waals surface area contributed by atoms with Gasteiger partial charge in [0.05, 0.1) is 9.82 Å². The van der Waals surface area contributed by atoms with Crippen LogP contribution in [0, 0.1) is 10.1 Å². The number of nitro groups is 1. The number of carboxylic acid groups (broad SMARTS) is 1. The van der Waals surface area contributed by atoms with Crippen LogP contribution in [0.2, 0.25) is 0 Å². The number of aromatic carboxylic acids is 1. The summed E-state index contributed by atoms with van der Waals surface area (Å²) in [5.74, 6) is -3.01. The van der Waals surface area contributed by atoms with Gasteiger partial charge in [0.15, 0.2) is 0 Å². The van der Waals surface area contributed by atoms with Gasteiger partial charge in [0, 0.05) is 6.07 Å². The van der Waals surface area contributed by atoms with E-state index in [2.05, 4.69) is 0 Å². The molecule has 0 aromatic heterocycles. The van der Waals surface area contributed by atoms with E-state index in [1.54, 1.807) is 0 Å². The van der Waals surface area contributed by atoms with E-state index in [0.29, 0.717) is 12.1 Å². The van der Waals surface area contributed by atoms with Crippen molar-refractivity contribution in [2.45, 2.75) is 4.90 Å². The van der Waals surface area contributed by atoms with E-state index in [1.165, 1.54) is 0 Å². The van der Waals surface area contributed by atoms with E-state index in [1.807, 2.05) is 0 Å². The van der Waals surface area contributed by atoms with Crippen molar-refractivity contribution >= 4 is 21.8 Å². The summed E-state index contributed by atoms with van der Waals surface area (Å²) in [5.41, 5.74) is -2.20. The van der Waals surface area contributed by atoms with Crippen molar-refractivity contribution < 1.29 is 51.8 Å². The Morgan fingerprint density at radius 1 is 1.33 bits per heavy atom. The summed E-state index contributed by atoms with van der Waals surface area (Å²) < 4.78 is 31.9. The molecule has 0 saturated heterocycles. The molecule has 0 unspecified atom stereocenters. The summed E-state index contributed by atoms with van der Waals surface area (Å²) in [6.07, 6.45) is 0. The second-order valence-corrected chi connectivity index (χ2v) is 4.23. The second kappa shape index (κ2) is 5.36. The molecule has 0 spiro atoms. The maximum atomic E-state index is 10.6. The molecule has 0 bridgehead atoms. The van der Waals surface area contributed by atoms with Crippen molar-refractivity contribution in [1.82, 2.24) is 0 Å². The van der Waals surface area contributed by atoms with Gasteiger partial charge in [-0.25, -0.2) is 13.2 Å². The number of aromatic hydroxyl groups is 1. The summed E-state index contributed by atoms with van der Waals surface area (Å²) in [6, 6.07) is 0.650. The topological polar surface area (TPSA) is 158 Å². The third-order valence-corrected chi connectivity index (χ3v) is 2.59. The molecule has 0 amide bonds. The first kappa shape index (κ1) is 16.4. The maximum absolute atomic E-state index is 10.6. The van der Waals surface area contributed by atoms with E-state index in [9.17, 15) is 33.0 Å². The van der Waals surface area contributed by atoms with Crippen LogP contribution < -0.4 is 18.9 Å². The largest absolute Gasteiger partial charge is 1.00 e. The van der Waals surface area contributed by atoms with Crippen molar-refractivity contribution in [1.29, 1.82) is 0 Å². The van der Waals surface area contributed by atoms with Crippen LogP contribution in [0.3, 0.4) is 0 Å². The van der Waals surface area contributed by atoms with Crippen molar-refractivity contribution in [2.24, 2.45) is 0 Å². The number of phenols is 1. The predicted molar refractivity (Wildman–Crippen MR) is 49.7 cm³/mol. The monoisotopic (exact) mass is 269 g/mol. The smallest absolute Gasteiger partial charge is 0.744 e. The predicted octanol–water partition coefficient (Wildman–Crippen LogP) is -3.09. The van der Waals surface area contributed by atoms with E-state index >= 15 is 0 Å². The Morgan fingerprint density at radius 3 is 2.17 bits per heavy atom. The molecule has 0 radical (unpaired) electrons. The van der Waals surface area contributed by atoms with Crippen molar-refractivity contribution in [3.8, 4) is 5.75 Å². The number of hydrogen-bond acceptors (Lipinski definition) is 7. The Balaban J connectivity index is 0.00000289. The Morgan fingerprint density at radius 2 is 1.83 bits per heavy atom. The molecule has 92 valence electrons. The molecule has 1 aromatic rings. The number of benzene rings is 1. The molecule has 2 N–H and O–H groups in total. The van der Waals surface area contributed by atoms with Gasteiger partial charge >= 0.3 is 30.5 Å². The van der Waals surface area contributed by atoms with Crippen LogP contribution in [0.4, 0.5) is 5.69 Å². The Bertz CT molecular complexity index is 575. The third-order valence-electron chi connectivity index (χ3n) is 1.78. The average molecular weight is 269 g/mol. The van der Waals surface area contributed by atoms with Crippen LogP contribution in [0.15, 0.2) is 17.0 Å². The van der Waals surface area contributed by atoms with Crippen LogP contribution >= 0.6 is 0 Å². The van der Waals surface area contributed by atoms with Crippen LogP contribution in [0.1, 0.15) is 10.4 Å². The molecule has 11 heteroatoms. The summed E-state index contributed by atoms with van der Waals surface area (Å²) in [6.45, 7) is 0. The number of carbonyl (C=O) groups is 1. The summed E-state index contributed by atoms with van der Waals surface area (Å²) in [5, 5.41) is 28.2. The Kier molecular flexibility index (Phi) is 4.88. The quantitative estimate of drug-likeness (QED) is 0.253. The van der Waals surface area contributed by atoms with Crippen LogP contribution in [-0.4, -0.2) is 34.1 Å². The number of nitro benzene ring substituents is 1. The maximum Gasteiger partial charge on any atom is 1.00 e. The summed E-state index contributed by atoms with van der Waals surface area (Å²) >= 11 is 0. The van der Waals surface area contributed by atoms with Gasteiger partial charge in [0.25, 0.3) is 0 Å². The fraction of sp³-hybridized carbons (Fsp3) is 0. The standard InChI is InChI=1S/C7H5NO8S.Li/c9-6-4(7(10)11)1-3(17(14,15)16)2-5(6)8(12)13;/h1-2,9H,(H,10,11)(H,14,15,16);/q;+1/p-1. The molecular weight excluding hydrogens is 265 g/mol. The van der Waals surface area contributed by atoms with Gasteiger partial charge in [-0.3, -0.25) is 10.1 Å². The fourth-order valence-corrected chi connectivity index (χ4v) is 1.56. The molecule has 0 heterocycles. The van der Waals surface area contributed by atoms with Crippen LogP contribution in [0.5, 0.6) is 5.75 Å². The zero-order chi connectivity index (χ0) is 13.4. The number of hydrogen-bond donors (Lipinski definition) is 2. The first-order valence-corrected chi connectivity index (χ1v) is 5.26. The first-order chi connectivity index (χ1) is 7.64. The molecule has 0 fully saturated rings. The molecule has 1 aromatic carbocycles. The summed E-state index contributed by atoms with van der Waals surface area (Å²) in [7, 11) is -5.06. The van der Waals surface area contributed by atoms with Gasteiger partial charge in [0.2, 0.25) is 5.75 Å². The minimum atomic E-state index is -5.06. The van der Waals surface area contributed by atoms with Crippen molar-refractivity contribution in [2.75, 3.05) is 0 Å². The van der Waals surface area contributed by atoms with Gasteiger partial charge < -0.3 is 14.8 Å². The first-order valence-electron chi connectivity index (χ1n) is 3.85. The number of rotatable bonds is 3. The molecular formula is C7H4LiNO8S. The molecule has 0 atom stereocenters. The van der Waals surface area contributed by atoms with Crippen molar-refractivity contribution in [3.05, 3.63) is 27.8 Å². The summed E-state index contributed by atoms with van der Waals surface area (Å²) in [4.78, 5) is 18.7. The van der Waals surface area contributed by atoms with Gasteiger partial charge in [-0.05, 0) is 6.07 Å².